The van der Waals surface area contributed by atoms with Gasteiger partial charge in [0.15, 0.2) is 0 Å². The van der Waals surface area contributed by atoms with Gasteiger partial charge in [-0.3, -0.25) is 9.59 Å². The second-order valence-corrected chi connectivity index (χ2v) is 6.85. The van der Waals surface area contributed by atoms with Crippen molar-refractivity contribution in [1.82, 2.24) is 4.90 Å². The average molecular weight is 394 g/mol. The van der Waals surface area contributed by atoms with Gasteiger partial charge >= 0.3 is 0 Å². The summed E-state index contributed by atoms with van der Waals surface area (Å²) < 4.78 is 0. The summed E-state index contributed by atoms with van der Waals surface area (Å²) in [5, 5.41) is 6.78. The van der Waals surface area contributed by atoms with Gasteiger partial charge in [-0.2, -0.15) is 0 Å². The molecule has 0 fully saturated rings. The Morgan fingerprint density at radius 2 is 1.73 bits per heavy atom. The highest BCUT2D eigenvalue weighted by molar-refractivity contribution is 6.36. The minimum absolute atomic E-state index is 0.0838. The number of benzene rings is 2. The van der Waals surface area contributed by atoms with Crippen LogP contribution in [0.3, 0.4) is 0 Å². The number of hydrogen-bond acceptors (Lipinski definition) is 3. The van der Waals surface area contributed by atoms with Gasteiger partial charge < -0.3 is 15.5 Å². The van der Waals surface area contributed by atoms with Crippen LogP contribution in [0.1, 0.15) is 12.0 Å². The molecule has 7 heteroatoms. The molecule has 0 atom stereocenters. The van der Waals surface area contributed by atoms with Gasteiger partial charge in [-0.05, 0) is 42.3 Å². The van der Waals surface area contributed by atoms with Crippen LogP contribution in [0.5, 0.6) is 0 Å². The lowest BCUT2D eigenvalue weighted by Crippen LogP contribution is -2.22. The molecule has 0 aliphatic carbocycles. The van der Waals surface area contributed by atoms with Crippen LogP contribution in [0.25, 0.3) is 0 Å². The molecule has 0 bridgehead atoms. The fourth-order valence-corrected chi connectivity index (χ4v) is 2.72. The zero-order valence-corrected chi connectivity index (χ0v) is 16.2. The normalized spacial score (nSPS) is 10.3. The molecule has 2 rings (SSSR count). The highest BCUT2D eigenvalue weighted by Crippen LogP contribution is 2.25. The Labute approximate surface area is 163 Å². The average Bonchev–Trinajstić information content (AvgIpc) is 2.60. The molecule has 2 aromatic carbocycles. The number of hydrogen-bond donors (Lipinski definition) is 2. The molecule has 0 aliphatic heterocycles. The van der Waals surface area contributed by atoms with Crippen molar-refractivity contribution in [1.29, 1.82) is 0 Å². The molecule has 0 saturated carbocycles. The van der Waals surface area contributed by atoms with E-state index in [1.165, 1.54) is 0 Å². The Bertz CT molecular complexity index is 777. The number of amides is 2. The van der Waals surface area contributed by atoms with Crippen molar-refractivity contribution >= 4 is 46.4 Å². The number of halogens is 2. The number of carbonyl (C=O) groups excluding carboxylic acids is 2. The summed E-state index contributed by atoms with van der Waals surface area (Å²) in [6.45, 7) is 0.0838. The van der Waals surface area contributed by atoms with Crippen molar-refractivity contribution in [3.63, 3.8) is 0 Å². The third-order valence-electron chi connectivity index (χ3n) is 3.73. The highest BCUT2D eigenvalue weighted by Gasteiger charge is 2.07. The Morgan fingerprint density at radius 1 is 1.04 bits per heavy atom. The van der Waals surface area contributed by atoms with Crippen LogP contribution >= 0.6 is 23.2 Å². The van der Waals surface area contributed by atoms with Gasteiger partial charge in [-0.1, -0.05) is 35.3 Å². The minimum atomic E-state index is -0.188. The molecule has 0 spiro atoms. The second-order valence-electron chi connectivity index (χ2n) is 6.01. The van der Waals surface area contributed by atoms with E-state index in [4.69, 9.17) is 23.2 Å². The molecule has 138 valence electrons. The van der Waals surface area contributed by atoms with E-state index >= 15 is 0 Å². The van der Waals surface area contributed by atoms with Crippen molar-refractivity contribution in [2.75, 3.05) is 31.3 Å². The standard InChI is InChI=1S/C19H21Cl2N3O2/c1-24(2)19(26)10-5-13-3-7-15(8-4-13)23-18(25)12-22-17-9-6-14(20)11-16(17)21/h3-4,6-9,11,22H,5,10,12H2,1-2H3,(H,23,25). The third kappa shape index (κ3) is 6.24. The molecule has 5 nitrogen and oxygen atoms in total. The topological polar surface area (TPSA) is 61.4 Å². The summed E-state index contributed by atoms with van der Waals surface area (Å²) in [5.74, 6) is -0.0964. The summed E-state index contributed by atoms with van der Waals surface area (Å²) in [6.07, 6.45) is 1.13. The van der Waals surface area contributed by atoms with E-state index in [1.54, 1.807) is 37.2 Å². The summed E-state index contributed by atoms with van der Waals surface area (Å²) in [4.78, 5) is 25.2. The highest BCUT2D eigenvalue weighted by atomic mass is 35.5. The molecule has 2 amide bonds. The van der Waals surface area contributed by atoms with Crippen molar-refractivity contribution in [3.05, 3.63) is 58.1 Å². The van der Waals surface area contributed by atoms with Gasteiger partial charge in [0.2, 0.25) is 11.8 Å². The first-order valence-electron chi connectivity index (χ1n) is 8.13. The molecule has 0 saturated heterocycles. The lowest BCUT2D eigenvalue weighted by atomic mass is 10.1. The molecule has 0 heterocycles. The van der Waals surface area contributed by atoms with Crippen molar-refractivity contribution < 1.29 is 9.59 Å². The molecule has 2 N–H and O–H groups in total. The smallest absolute Gasteiger partial charge is 0.243 e. The second kappa shape index (κ2) is 9.46. The predicted molar refractivity (Wildman–Crippen MR) is 107 cm³/mol. The Kier molecular flexibility index (Phi) is 7.30. The van der Waals surface area contributed by atoms with E-state index in [0.29, 0.717) is 34.3 Å². The molecule has 0 aromatic heterocycles. The number of nitrogens with one attached hydrogen (secondary N) is 2. The van der Waals surface area contributed by atoms with Crippen molar-refractivity contribution in [3.8, 4) is 0 Å². The maximum atomic E-state index is 12.0. The number of nitrogens with zero attached hydrogens (tertiary/aromatic N) is 1. The molecular formula is C19H21Cl2N3O2. The molecule has 26 heavy (non-hydrogen) atoms. The zero-order valence-electron chi connectivity index (χ0n) is 14.7. The lowest BCUT2D eigenvalue weighted by Gasteiger charge is -2.11. The number of carbonyl (C=O) groups is 2. The van der Waals surface area contributed by atoms with Crippen LogP contribution in [-0.2, 0) is 16.0 Å². The van der Waals surface area contributed by atoms with E-state index < -0.39 is 0 Å². The Hall–Kier alpha value is -2.24. The first-order chi connectivity index (χ1) is 12.3. The monoisotopic (exact) mass is 393 g/mol. The molecule has 0 aliphatic rings. The third-order valence-corrected chi connectivity index (χ3v) is 4.28. The fraction of sp³-hybridized carbons (Fsp3) is 0.263. The van der Waals surface area contributed by atoms with E-state index in [9.17, 15) is 9.59 Å². The van der Waals surface area contributed by atoms with Crippen LogP contribution < -0.4 is 10.6 Å². The lowest BCUT2D eigenvalue weighted by molar-refractivity contribution is -0.128. The molecule has 0 radical (unpaired) electrons. The van der Waals surface area contributed by atoms with Crippen LogP contribution in [0.4, 0.5) is 11.4 Å². The van der Waals surface area contributed by atoms with E-state index in [-0.39, 0.29) is 18.4 Å². The maximum Gasteiger partial charge on any atom is 0.243 e. The van der Waals surface area contributed by atoms with Gasteiger partial charge in [0.05, 0.1) is 17.3 Å². The summed E-state index contributed by atoms with van der Waals surface area (Å²) in [6, 6.07) is 12.5. The number of anilines is 2. The summed E-state index contributed by atoms with van der Waals surface area (Å²) >= 11 is 11.9. The van der Waals surface area contributed by atoms with Gasteiger partial charge in [0.1, 0.15) is 0 Å². The molecule has 0 unspecified atom stereocenters. The van der Waals surface area contributed by atoms with Crippen molar-refractivity contribution in [2.24, 2.45) is 0 Å². The summed E-state index contributed by atoms with van der Waals surface area (Å²) in [7, 11) is 3.48. The summed E-state index contributed by atoms with van der Waals surface area (Å²) in [5.41, 5.74) is 2.39. The van der Waals surface area contributed by atoms with E-state index in [2.05, 4.69) is 10.6 Å². The van der Waals surface area contributed by atoms with Crippen LogP contribution in [-0.4, -0.2) is 37.4 Å². The van der Waals surface area contributed by atoms with E-state index in [1.807, 2.05) is 24.3 Å². The van der Waals surface area contributed by atoms with Crippen LogP contribution in [0.2, 0.25) is 10.0 Å². The predicted octanol–water partition coefficient (Wildman–Crippen LogP) is 4.06. The number of aryl methyl sites for hydroxylation is 1. The zero-order chi connectivity index (χ0) is 19.1. The largest absolute Gasteiger partial charge is 0.375 e. The quantitative estimate of drug-likeness (QED) is 0.745. The Balaban J connectivity index is 1.82. The SMILES string of the molecule is CN(C)C(=O)CCc1ccc(NC(=O)CNc2ccc(Cl)cc2Cl)cc1. The first-order valence-corrected chi connectivity index (χ1v) is 8.88. The number of rotatable bonds is 7. The van der Waals surface area contributed by atoms with Gasteiger partial charge in [-0.15, -0.1) is 0 Å². The van der Waals surface area contributed by atoms with Gasteiger partial charge in [0.25, 0.3) is 0 Å². The molecule has 2 aromatic rings. The van der Waals surface area contributed by atoms with Crippen LogP contribution in [0, 0.1) is 0 Å². The Morgan fingerprint density at radius 3 is 2.35 bits per heavy atom. The fourth-order valence-electron chi connectivity index (χ4n) is 2.24. The first kappa shape index (κ1) is 20.1. The van der Waals surface area contributed by atoms with Gasteiger partial charge in [-0.25, -0.2) is 0 Å². The van der Waals surface area contributed by atoms with E-state index in [0.717, 1.165) is 5.56 Å². The maximum absolute atomic E-state index is 12.0. The van der Waals surface area contributed by atoms with Gasteiger partial charge in [0, 0.05) is 31.2 Å². The van der Waals surface area contributed by atoms with Crippen molar-refractivity contribution in [2.45, 2.75) is 12.8 Å². The minimum Gasteiger partial charge on any atom is -0.375 e. The molecular weight excluding hydrogens is 373 g/mol. The van der Waals surface area contributed by atoms with Crippen LogP contribution in [0.15, 0.2) is 42.5 Å².